The highest BCUT2D eigenvalue weighted by atomic mass is 16.6. The van der Waals surface area contributed by atoms with Crippen LogP contribution in [0, 0.1) is 0 Å². The zero-order chi connectivity index (χ0) is 14.2. The van der Waals surface area contributed by atoms with Crippen LogP contribution in [0.2, 0.25) is 0 Å². The maximum absolute atomic E-state index is 11.9. The fraction of sp³-hybridized carbons (Fsp3) is 0.636. The van der Waals surface area contributed by atoms with Crippen molar-refractivity contribution in [2.75, 3.05) is 19.0 Å². The van der Waals surface area contributed by atoms with Crippen LogP contribution in [0.15, 0.2) is 17.1 Å². The Morgan fingerprint density at radius 1 is 1.63 bits per heavy atom. The molecule has 0 radical (unpaired) electrons. The number of rotatable bonds is 3. The lowest BCUT2D eigenvalue weighted by atomic mass is 9.96. The molecule has 1 aromatic rings. The largest absolute Gasteiger partial charge is 0.394 e. The minimum atomic E-state index is -1.69. The molecule has 1 aliphatic rings. The Kier molecular flexibility index (Phi) is 3.59. The predicted molar refractivity (Wildman–Crippen MR) is 65.7 cm³/mol. The van der Waals surface area contributed by atoms with Crippen LogP contribution in [0.5, 0.6) is 0 Å². The van der Waals surface area contributed by atoms with Gasteiger partial charge in [0, 0.05) is 13.2 Å². The van der Waals surface area contributed by atoms with Gasteiger partial charge in [-0.1, -0.05) is 0 Å². The highest BCUT2D eigenvalue weighted by Crippen LogP contribution is 2.37. The zero-order valence-electron chi connectivity index (χ0n) is 10.6. The van der Waals surface area contributed by atoms with E-state index in [-0.39, 0.29) is 0 Å². The maximum atomic E-state index is 11.9. The number of hydrogen-bond acceptors (Lipinski definition) is 7. The lowest BCUT2D eigenvalue weighted by Crippen LogP contribution is -2.46. The first-order valence-electron chi connectivity index (χ1n) is 5.85. The van der Waals surface area contributed by atoms with Crippen molar-refractivity contribution >= 4 is 5.82 Å². The standard InChI is InChI=1S/C11H17N3O5/c1-11(18)8(16)6(5-15)19-9(11)14-4-3-7(12-2)13-10(14)17/h3-4,6,8-9,15-16,18H,5H2,1-2H3,(H,12,13,17)/t6-,8+,9-,11?/m1/s1. The Balaban J connectivity index is 2.39. The number of aromatic nitrogens is 2. The van der Waals surface area contributed by atoms with Crippen molar-refractivity contribution in [3.63, 3.8) is 0 Å². The molecule has 0 bridgehead atoms. The summed E-state index contributed by atoms with van der Waals surface area (Å²) in [4.78, 5) is 15.6. The number of nitrogens with zero attached hydrogens (tertiary/aromatic N) is 2. The Bertz CT molecular complexity index is 515. The number of nitrogens with one attached hydrogen (secondary N) is 1. The molecule has 0 aliphatic carbocycles. The average molecular weight is 271 g/mol. The van der Waals surface area contributed by atoms with Crippen LogP contribution < -0.4 is 11.0 Å². The second kappa shape index (κ2) is 4.89. The van der Waals surface area contributed by atoms with Crippen LogP contribution in [-0.2, 0) is 4.74 Å². The van der Waals surface area contributed by atoms with Gasteiger partial charge in [0.2, 0.25) is 0 Å². The summed E-state index contributed by atoms with van der Waals surface area (Å²) in [5.41, 5.74) is -2.32. The highest BCUT2D eigenvalue weighted by molar-refractivity contribution is 5.30. The fourth-order valence-electron chi connectivity index (χ4n) is 2.12. The summed E-state index contributed by atoms with van der Waals surface area (Å²) in [7, 11) is 1.62. The van der Waals surface area contributed by atoms with Crippen molar-refractivity contribution in [1.29, 1.82) is 0 Å². The summed E-state index contributed by atoms with van der Waals surface area (Å²) in [6.45, 7) is 0.890. The van der Waals surface area contributed by atoms with E-state index >= 15 is 0 Å². The van der Waals surface area contributed by atoms with E-state index in [2.05, 4.69) is 10.3 Å². The first-order valence-corrected chi connectivity index (χ1v) is 5.85. The van der Waals surface area contributed by atoms with Gasteiger partial charge in [0.25, 0.3) is 0 Å². The SMILES string of the molecule is CNc1ccn([C@@H]2O[C@H](CO)[C@H](O)C2(C)O)c(=O)n1. The van der Waals surface area contributed by atoms with Gasteiger partial charge in [-0.3, -0.25) is 4.57 Å². The predicted octanol–water partition coefficient (Wildman–Crippen LogP) is -1.71. The van der Waals surface area contributed by atoms with Gasteiger partial charge in [0.05, 0.1) is 6.61 Å². The second-order valence-corrected chi connectivity index (χ2v) is 4.63. The van der Waals surface area contributed by atoms with Crippen LogP contribution in [0.25, 0.3) is 0 Å². The molecule has 2 rings (SSSR count). The van der Waals surface area contributed by atoms with Crippen LogP contribution in [0.1, 0.15) is 13.2 Å². The van der Waals surface area contributed by atoms with E-state index in [4.69, 9.17) is 9.84 Å². The van der Waals surface area contributed by atoms with Crippen LogP contribution in [0.4, 0.5) is 5.82 Å². The maximum Gasteiger partial charge on any atom is 0.351 e. The minimum Gasteiger partial charge on any atom is -0.394 e. The van der Waals surface area contributed by atoms with E-state index in [1.807, 2.05) is 0 Å². The third-order valence-corrected chi connectivity index (χ3v) is 3.27. The molecule has 4 atom stereocenters. The molecule has 8 heteroatoms. The van der Waals surface area contributed by atoms with Gasteiger partial charge in [-0.25, -0.2) is 4.79 Å². The molecule has 4 N–H and O–H groups in total. The minimum absolute atomic E-state index is 0.387. The molecule has 0 amide bonds. The van der Waals surface area contributed by atoms with Gasteiger partial charge in [-0.15, -0.1) is 0 Å². The monoisotopic (exact) mass is 271 g/mol. The third kappa shape index (κ3) is 2.23. The van der Waals surface area contributed by atoms with Crippen LogP contribution in [0.3, 0.4) is 0 Å². The number of aliphatic hydroxyl groups is 3. The molecule has 0 aromatic carbocycles. The molecule has 1 fully saturated rings. The molecule has 19 heavy (non-hydrogen) atoms. The summed E-state index contributed by atoms with van der Waals surface area (Å²) < 4.78 is 6.41. The fourth-order valence-corrected chi connectivity index (χ4v) is 2.12. The molecule has 8 nitrogen and oxygen atoms in total. The Hall–Kier alpha value is -1.48. The number of ether oxygens (including phenoxy) is 1. The molecule has 1 unspecified atom stereocenters. The van der Waals surface area contributed by atoms with Crippen molar-refractivity contribution in [1.82, 2.24) is 9.55 Å². The first-order chi connectivity index (χ1) is 8.91. The van der Waals surface area contributed by atoms with Crippen molar-refractivity contribution in [3.05, 3.63) is 22.7 Å². The van der Waals surface area contributed by atoms with Gasteiger partial charge in [0.1, 0.15) is 23.6 Å². The van der Waals surface area contributed by atoms with Gasteiger partial charge in [0.15, 0.2) is 6.23 Å². The van der Waals surface area contributed by atoms with E-state index in [0.29, 0.717) is 5.82 Å². The second-order valence-electron chi connectivity index (χ2n) is 4.63. The van der Waals surface area contributed by atoms with Gasteiger partial charge in [-0.05, 0) is 13.0 Å². The van der Waals surface area contributed by atoms with Crippen molar-refractivity contribution < 1.29 is 20.1 Å². The average Bonchev–Trinajstić information content (AvgIpc) is 2.61. The first kappa shape index (κ1) is 13.9. The van der Waals surface area contributed by atoms with Gasteiger partial charge in [-0.2, -0.15) is 4.98 Å². The van der Waals surface area contributed by atoms with Gasteiger partial charge >= 0.3 is 5.69 Å². The molecular weight excluding hydrogens is 254 g/mol. The molecule has 2 heterocycles. The summed E-state index contributed by atoms with van der Waals surface area (Å²) in [5.74, 6) is 0.387. The van der Waals surface area contributed by atoms with Gasteiger partial charge < -0.3 is 25.4 Å². The molecule has 1 aromatic heterocycles. The quantitative estimate of drug-likeness (QED) is 0.517. The lowest BCUT2D eigenvalue weighted by molar-refractivity contribution is -0.0986. The number of hydrogen-bond donors (Lipinski definition) is 4. The lowest BCUT2D eigenvalue weighted by Gasteiger charge is -2.27. The molecule has 106 valence electrons. The molecular formula is C11H17N3O5. The van der Waals surface area contributed by atoms with Crippen molar-refractivity contribution in [2.24, 2.45) is 0 Å². The molecule has 0 spiro atoms. The Labute approximate surface area is 109 Å². The van der Waals surface area contributed by atoms with Crippen LogP contribution in [-0.4, -0.2) is 56.3 Å². The smallest absolute Gasteiger partial charge is 0.351 e. The van der Waals surface area contributed by atoms with E-state index < -0.39 is 36.3 Å². The van der Waals surface area contributed by atoms with Crippen molar-refractivity contribution in [3.8, 4) is 0 Å². The summed E-state index contributed by atoms with van der Waals surface area (Å²) >= 11 is 0. The van der Waals surface area contributed by atoms with E-state index in [1.54, 1.807) is 13.1 Å². The summed E-state index contributed by atoms with van der Waals surface area (Å²) in [5, 5.41) is 31.9. The van der Waals surface area contributed by atoms with E-state index in [0.717, 1.165) is 4.57 Å². The Morgan fingerprint density at radius 2 is 2.32 bits per heavy atom. The topological polar surface area (TPSA) is 117 Å². The third-order valence-electron chi connectivity index (χ3n) is 3.27. The van der Waals surface area contributed by atoms with Crippen LogP contribution >= 0.6 is 0 Å². The highest BCUT2D eigenvalue weighted by Gasteiger charge is 2.53. The van der Waals surface area contributed by atoms with E-state index in [1.165, 1.54) is 13.1 Å². The number of anilines is 1. The van der Waals surface area contributed by atoms with E-state index in [9.17, 15) is 15.0 Å². The zero-order valence-corrected chi connectivity index (χ0v) is 10.6. The number of aliphatic hydroxyl groups excluding tert-OH is 2. The molecule has 1 aliphatic heterocycles. The van der Waals surface area contributed by atoms with Crippen molar-refractivity contribution in [2.45, 2.75) is 31.0 Å². The summed E-state index contributed by atoms with van der Waals surface area (Å²) in [6, 6.07) is 1.54. The molecule has 1 saturated heterocycles. The normalized spacial score (nSPS) is 34.5. The Morgan fingerprint density at radius 3 is 2.79 bits per heavy atom. The molecule has 0 saturated carbocycles. The summed E-state index contributed by atoms with van der Waals surface area (Å²) in [6.07, 6.45) is -1.94.